The topological polar surface area (TPSA) is 160 Å². The van der Waals surface area contributed by atoms with Crippen molar-refractivity contribution in [3.05, 3.63) is 93.8 Å². The molecule has 12 heteroatoms. The van der Waals surface area contributed by atoms with Crippen molar-refractivity contribution in [3.63, 3.8) is 0 Å². The summed E-state index contributed by atoms with van der Waals surface area (Å²) in [5, 5.41) is 14.1. The zero-order chi connectivity index (χ0) is 29.8. The molecule has 0 radical (unpaired) electrons. The van der Waals surface area contributed by atoms with E-state index < -0.39 is 11.5 Å². The Labute approximate surface area is 247 Å². The van der Waals surface area contributed by atoms with E-state index >= 15 is 4.39 Å². The van der Waals surface area contributed by atoms with Crippen LogP contribution in [0.5, 0.6) is 0 Å². The van der Waals surface area contributed by atoms with E-state index in [-0.39, 0.29) is 34.8 Å². The number of benzene rings is 2. The largest absolute Gasteiger partial charge is 0.370 e. The molecule has 0 spiro atoms. The van der Waals surface area contributed by atoms with Gasteiger partial charge >= 0.3 is 5.69 Å². The molecule has 0 saturated carbocycles. The molecule has 1 saturated heterocycles. The molecule has 0 amide bonds. The molecule has 4 aromatic rings. The number of fused-ring (bicyclic) bond motifs is 1. The minimum atomic E-state index is -0.562. The van der Waals surface area contributed by atoms with Crippen LogP contribution in [-0.2, 0) is 11.3 Å². The molecule has 42 heavy (non-hydrogen) atoms. The molecule has 1 aliphatic rings. The molecular weight excluding hydrogens is 559 g/mol. The fourth-order valence-electron chi connectivity index (χ4n) is 5.13. The third kappa shape index (κ3) is 6.55. The summed E-state index contributed by atoms with van der Waals surface area (Å²) in [5.41, 5.74) is 14.1. The van der Waals surface area contributed by atoms with E-state index in [2.05, 4.69) is 27.2 Å². The molecule has 1 fully saturated rings. The number of nitrogens with one attached hydrogen (secondary N) is 4. The predicted molar refractivity (Wildman–Crippen MR) is 163 cm³/mol. The van der Waals surface area contributed by atoms with Gasteiger partial charge in [-0.05, 0) is 60.7 Å². The van der Waals surface area contributed by atoms with Gasteiger partial charge in [-0.2, -0.15) is 4.98 Å². The van der Waals surface area contributed by atoms with Gasteiger partial charge in [0.2, 0.25) is 0 Å². The molecule has 8 N–H and O–H groups in total. The van der Waals surface area contributed by atoms with Crippen LogP contribution in [0.25, 0.3) is 28.0 Å². The highest BCUT2D eigenvalue weighted by Gasteiger charge is 2.27. The van der Waals surface area contributed by atoms with E-state index in [0.717, 1.165) is 30.4 Å². The quantitative estimate of drug-likeness (QED) is 0.0875. The van der Waals surface area contributed by atoms with Gasteiger partial charge in [-0.25, -0.2) is 9.18 Å². The van der Waals surface area contributed by atoms with Crippen molar-refractivity contribution >= 4 is 28.6 Å². The number of halogens is 2. The number of hydrogen-bond acceptors (Lipinski definition) is 6. The van der Waals surface area contributed by atoms with Crippen LogP contribution in [-0.4, -0.2) is 45.7 Å². The Balaban J connectivity index is 1.35. The second-order valence-corrected chi connectivity index (χ2v) is 10.7. The molecule has 10 nitrogen and oxygen atoms in total. The van der Waals surface area contributed by atoms with Gasteiger partial charge in [0, 0.05) is 42.8 Å². The fraction of sp³-hybridized carbons (Fsp3) is 0.300. The van der Waals surface area contributed by atoms with Crippen molar-refractivity contribution in [2.24, 2.45) is 11.5 Å². The monoisotopic (exact) mass is 592 g/mol. The highest BCUT2D eigenvalue weighted by atomic mass is 35.5. The van der Waals surface area contributed by atoms with Crippen molar-refractivity contribution in [3.8, 4) is 16.9 Å². The molecule has 2 aromatic carbocycles. The molecular formula is C30H34ClFN8O2. The Kier molecular flexibility index (Phi) is 9.03. The zero-order valence-electron chi connectivity index (χ0n) is 23.0. The standard InChI is InChI=1S/C30H34ClFN8O2/c1-2-20(9-10-36-29(34)35)37-15-17-3-5-21(6-4-17)40-16-19-13-25(38-28(19)39-30(40)41)23-11-18(12-24(31)27(23)32)26-8-7-22(14-33)42-26/h2-6,11-13,16,20,22,26,37H,1,7-10,14-15,33H2,(H4,34,35,36)(H,38,39,41)/t20-,22-,26-/m0/s1. The highest BCUT2D eigenvalue weighted by molar-refractivity contribution is 6.31. The number of guanidine groups is 1. The maximum Gasteiger partial charge on any atom is 0.354 e. The molecule has 3 heterocycles. The number of nitrogens with two attached hydrogens (primary N) is 2. The molecule has 220 valence electrons. The van der Waals surface area contributed by atoms with Gasteiger partial charge in [-0.3, -0.25) is 9.98 Å². The fourth-order valence-corrected chi connectivity index (χ4v) is 5.36. The second kappa shape index (κ2) is 12.9. The number of nitrogens with zero attached hydrogens (tertiary/aromatic N) is 2. The summed E-state index contributed by atoms with van der Waals surface area (Å²) in [4.78, 5) is 20.2. The van der Waals surface area contributed by atoms with Crippen molar-refractivity contribution < 1.29 is 9.13 Å². The van der Waals surface area contributed by atoms with Gasteiger partial charge in [0.1, 0.15) is 5.65 Å². The number of hydrogen-bond donors (Lipinski definition) is 6. The summed E-state index contributed by atoms with van der Waals surface area (Å²) in [6.45, 7) is 5.44. The van der Waals surface area contributed by atoms with E-state index in [0.29, 0.717) is 42.0 Å². The van der Waals surface area contributed by atoms with Crippen molar-refractivity contribution in [2.75, 3.05) is 13.1 Å². The first-order valence-corrected chi connectivity index (χ1v) is 14.1. The van der Waals surface area contributed by atoms with Crippen LogP contribution in [0.15, 0.2) is 66.1 Å². The van der Waals surface area contributed by atoms with Crippen molar-refractivity contribution in [1.29, 1.82) is 5.41 Å². The van der Waals surface area contributed by atoms with Gasteiger partial charge < -0.3 is 31.8 Å². The molecule has 3 atom stereocenters. The van der Waals surface area contributed by atoms with E-state index in [9.17, 15) is 4.79 Å². The number of aromatic amines is 1. The first kappa shape index (κ1) is 29.5. The summed E-state index contributed by atoms with van der Waals surface area (Å²) >= 11 is 6.28. The Bertz CT molecular complexity index is 1650. The first-order chi connectivity index (χ1) is 20.2. The lowest BCUT2D eigenvalue weighted by atomic mass is 10.0. The molecule has 0 aliphatic carbocycles. The van der Waals surface area contributed by atoms with Gasteiger partial charge in [-0.1, -0.05) is 29.8 Å². The van der Waals surface area contributed by atoms with Gasteiger partial charge in [0.05, 0.1) is 28.6 Å². The van der Waals surface area contributed by atoms with Gasteiger partial charge in [-0.15, -0.1) is 6.58 Å². The van der Waals surface area contributed by atoms with E-state index in [4.69, 9.17) is 33.2 Å². The number of aromatic nitrogens is 3. The Morgan fingerprint density at radius 1 is 1.31 bits per heavy atom. The van der Waals surface area contributed by atoms with Crippen LogP contribution in [0.2, 0.25) is 5.02 Å². The molecule has 5 rings (SSSR count). The Morgan fingerprint density at radius 3 is 2.79 bits per heavy atom. The smallest absolute Gasteiger partial charge is 0.354 e. The minimum Gasteiger partial charge on any atom is -0.370 e. The summed E-state index contributed by atoms with van der Waals surface area (Å²) in [6, 6.07) is 12.7. The third-order valence-electron chi connectivity index (χ3n) is 7.43. The normalized spacial score (nSPS) is 17.4. The second-order valence-electron chi connectivity index (χ2n) is 10.3. The predicted octanol–water partition coefficient (Wildman–Crippen LogP) is 3.87. The lowest BCUT2D eigenvalue weighted by Gasteiger charge is -2.15. The van der Waals surface area contributed by atoms with Crippen LogP contribution in [0.1, 0.15) is 36.5 Å². The zero-order valence-corrected chi connectivity index (χ0v) is 23.8. The number of H-pyrrole nitrogens is 1. The third-order valence-corrected chi connectivity index (χ3v) is 7.70. The summed E-state index contributed by atoms with van der Waals surface area (Å²) in [6.07, 6.45) is 5.60. The molecule has 2 aromatic heterocycles. The lowest BCUT2D eigenvalue weighted by molar-refractivity contribution is 0.0498. The van der Waals surface area contributed by atoms with Gasteiger partial charge in [0.25, 0.3) is 0 Å². The van der Waals surface area contributed by atoms with Crippen LogP contribution in [0.3, 0.4) is 0 Å². The van der Waals surface area contributed by atoms with Crippen LogP contribution in [0, 0.1) is 11.2 Å². The SMILES string of the molecule is C=C[C@@H](CCNC(=N)N)NCc1ccc(-n2cc3cc(-c4cc([C@@H]5CC[C@@H](CN)O5)cc(Cl)c4F)[nH]c3nc2=O)cc1. The Hall–Kier alpha value is -4.03. The van der Waals surface area contributed by atoms with E-state index in [1.54, 1.807) is 24.4 Å². The number of rotatable bonds is 11. The Morgan fingerprint density at radius 2 is 2.10 bits per heavy atom. The maximum absolute atomic E-state index is 15.2. The number of ether oxygens (including phenoxy) is 1. The van der Waals surface area contributed by atoms with Crippen molar-refractivity contribution in [2.45, 2.75) is 44.1 Å². The lowest BCUT2D eigenvalue weighted by Crippen LogP contribution is -2.35. The molecule has 0 unspecified atom stereocenters. The van der Waals surface area contributed by atoms with E-state index in [1.165, 1.54) is 4.57 Å². The average molecular weight is 593 g/mol. The highest BCUT2D eigenvalue weighted by Crippen LogP contribution is 2.38. The van der Waals surface area contributed by atoms with Crippen molar-refractivity contribution in [1.82, 2.24) is 25.2 Å². The first-order valence-electron chi connectivity index (χ1n) is 13.8. The van der Waals surface area contributed by atoms with Crippen LogP contribution in [0.4, 0.5) is 4.39 Å². The minimum absolute atomic E-state index is 0.00444. The summed E-state index contributed by atoms with van der Waals surface area (Å²) < 4.78 is 22.6. The summed E-state index contributed by atoms with van der Waals surface area (Å²) in [7, 11) is 0. The van der Waals surface area contributed by atoms with Crippen LogP contribution < -0.4 is 27.8 Å². The average Bonchev–Trinajstić information content (AvgIpc) is 3.63. The maximum atomic E-state index is 15.2. The molecule has 0 bridgehead atoms. The van der Waals surface area contributed by atoms with E-state index in [1.807, 2.05) is 30.3 Å². The van der Waals surface area contributed by atoms with Crippen LogP contribution >= 0.6 is 11.6 Å². The summed E-state index contributed by atoms with van der Waals surface area (Å²) in [5.74, 6) is -0.623. The van der Waals surface area contributed by atoms with Gasteiger partial charge in [0.15, 0.2) is 11.8 Å². The molecule has 1 aliphatic heterocycles.